The Morgan fingerprint density at radius 3 is 2.50 bits per heavy atom. The average molecular weight is 324 g/mol. The zero-order valence-corrected chi connectivity index (χ0v) is 10.7. The minimum absolute atomic E-state index is 0.957. The van der Waals surface area contributed by atoms with Crippen molar-refractivity contribution in [3.63, 3.8) is 0 Å². The molecule has 0 saturated heterocycles. The number of hydrogen-bond donors (Lipinski definition) is 1. The zero-order valence-electron chi connectivity index (χ0n) is 25.7. The molecule has 0 spiro atoms. The van der Waals surface area contributed by atoms with Crippen molar-refractivity contribution in [3.05, 3.63) is 65.5 Å². The van der Waals surface area contributed by atoms with Crippen molar-refractivity contribution in [2.45, 2.75) is 18.6 Å². The Morgan fingerprint density at radius 2 is 1.91 bits per heavy atom. The van der Waals surface area contributed by atoms with Crippen LogP contribution in [0.3, 0.4) is 0 Å². The first kappa shape index (κ1) is 5.57. The van der Waals surface area contributed by atoms with Crippen LogP contribution in [0.4, 0.5) is 13.2 Å². The summed E-state index contributed by atoms with van der Waals surface area (Å²) in [6, 6.07) is -11.8. The molecule has 0 heterocycles. The maximum absolute atomic E-state index is 13.3. The Morgan fingerprint density at radius 1 is 1.23 bits per heavy atom. The van der Waals surface area contributed by atoms with E-state index in [4.69, 9.17) is 25.3 Å². The molecular formula is C17H18F3NO. The van der Waals surface area contributed by atoms with Gasteiger partial charge in [-0.1, -0.05) is 30.2 Å². The molecule has 0 saturated carbocycles. The molecule has 2 aromatic rings. The molecule has 1 atom stereocenters. The third-order valence-corrected chi connectivity index (χ3v) is 2.15. The molecule has 118 valence electrons. The summed E-state index contributed by atoms with van der Waals surface area (Å²) in [6.45, 7) is -4.32. The number of alkyl halides is 3. The normalized spacial score (nSPS) is 25.3. The summed E-state index contributed by atoms with van der Waals surface area (Å²) in [4.78, 5) is 0. The van der Waals surface area contributed by atoms with Crippen molar-refractivity contribution in [2.24, 2.45) is 0 Å². The lowest BCUT2D eigenvalue weighted by Crippen LogP contribution is -2.16. The molecule has 2 aromatic carbocycles. The smallest absolute Gasteiger partial charge is 0.416 e. The van der Waals surface area contributed by atoms with Gasteiger partial charge in [-0.2, -0.15) is 13.2 Å². The molecule has 0 aromatic heterocycles. The standard InChI is InChI=1S/C17H18F3NO/c1-21-12-11-16(13-5-3-2-4-6-13)22-15-9-7-14(8-10-15)17(18,19)20/h2-10,16,21H,11-12H2,1H3/i1D3,2D,3D,4D,5D,6D,7D,8D,9D,10D,11D2,16D. The van der Waals surface area contributed by atoms with E-state index in [2.05, 4.69) is 0 Å². The molecule has 0 bridgehead atoms. The van der Waals surface area contributed by atoms with E-state index in [1.54, 1.807) is 5.32 Å². The fraction of sp³-hybridized carbons (Fsp3) is 0.294. The second kappa shape index (κ2) is 7.31. The lowest BCUT2D eigenvalue weighted by Gasteiger charge is -2.20. The Kier molecular flexibility index (Phi) is 1.85. The van der Waals surface area contributed by atoms with Crippen LogP contribution in [0.2, 0.25) is 0 Å². The van der Waals surface area contributed by atoms with Gasteiger partial charge in [0.1, 0.15) is 11.8 Å². The van der Waals surface area contributed by atoms with Crippen LogP contribution in [0.5, 0.6) is 5.75 Å². The zero-order chi connectivity index (χ0) is 29.0. The van der Waals surface area contributed by atoms with Crippen LogP contribution in [-0.2, 0) is 6.18 Å². The van der Waals surface area contributed by atoms with Crippen LogP contribution in [0.15, 0.2) is 54.4 Å². The lowest BCUT2D eigenvalue weighted by molar-refractivity contribution is -0.137. The van der Waals surface area contributed by atoms with E-state index in [0.717, 1.165) is 0 Å². The van der Waals surface area contributed by atoms with Crippen LogP contribution in [0.25, 0.3) is 0 Å². The number of rotatable bonds is 6. The Hall–Kier alpha value is -2.01. The average Bonchev–Trinajstić information content (AvgIpc) is 2.75. The quantitative estimate of drug-likeness (QED) is 0.848. The molecule has 2 rings (SSSR count). The fourth-order valence-corrected chi connectivity index (χ4v) is 1.26. The van der Waals surface area contributed by atoms with Gasteiger partial charge in [0.2, 0.25) is 0 Å². The minimum Gasteiger partial charge on any atom is -0.486 e. The van der Waals surface area contributed by atoms with Gasteiger partial charge in [-0.15, -0.1) is 0 Å². The van der Waals surface area contributed by atoms with Crippen LogP contribution in [-0.4, -0.2) is 13.5 Å². The molecule has 0 aliphatic rings. The first-order valence-corrected chi connectivity index (χ1v) is 5.68. The topological polar surface area (TPSA) is 21.3 Å². The van der Waals surface area contributed by atoms with Crippen LogP contribution < -0.4 is 10.1 Å². The van der Waals surface area contributed by atoms with Gasteiger partial charge in [0.15, 0.2) is 0 Å². The summed E-state index contributed by atoms with van der Waals surface area (Å²) in [5.41, 5.74) is -3.21. The van der Waals surface area contributed by atoms with Gasteiger partial charge in [0.25, 0.3) is 0 Å². The summed E-state index contributed by atoms with van der Waals surface area (Å²) in [5, 5.41) is 1.74. The highest BCUT2D eigenvalue weighted by molar-refractivity contribution is 5.30. The van der Waals surface area contributed by atoms with Gasteiger partial charge in [0, 0.05) is 13.2 Å². The van der Waals surface area contributed by atoms with Gasteiger partial charge in [0.05, 0.1) is 19.3 Å². The van der Waals surface area contributed by atoms with E-state index >= 15 is 0 Å². The van der Waals surface area contributed by atoms with E-state index in [1.165, 1.54) is 0 Å². The van der Waals surface area contributed by atoms with Gasteiger partial charge in [-0.25, -0.2) is 0 Å². The van der Waals surface area contributed by atoms with Crippen molar-refractivity contribution < 1.29 is 38.5 Å². The van der Waals surface area contributed by atoms with E-state index in [0.29, 0.717) is 0 Å². The summed E-state index contributed by atoms with van der Waals surface area (Å²) in [5.74, 6) is -1.40. The second-order valence-corrected chi connectivity index (χ2v) is 3.66. The van der Waals surface area contributed by atoms with Gasteiger partial charge in [-0.3, -0.25) is 0 Å². The molecule has 0 radical (unpaired) electrons. The van der Waals surface area contributed by atoms with Crippen molar-refractivity contribution >= 4 is 0 Å². The van der Waals surface area contributed by atoms with E-state index in [9.17, 15) is 13.2 Å². The van der Waals surface area contributed by atoms with E-state index < -0.39 is 103 Å². The molecule has 22 heavy (non-hydrogen) atoms. The molecule has 5 heteroatoms. The van der Waals surface area contributed by atoms with Gasteiger partial charge < -0.3 is 10.1 Å². The molecule has 2 nitrogen and oxygen atoms in total. The largest absolute Gasteiger partial charge is 0.486 e. The third kappa shape index (κ3) is 4.49. The van der Waals surface area contributed by atoms with E-state index in [-0.39, 0.29) is 0 Å². The number of hydrogen-bond acceptors (Lipinski definition) is 2. The Bertz CT molecular complexity index is 1170. The first-order valence-electron chi connectivity index (χ1n) is 13.2. The SMILES string of the molecule is [2H]c1c([2H])c([2H])c(C([2H])(Oc2c([2H])c([2H])c(C(F)(F)F)c([2H])c2[2H])C([2H])([2H])CNC([2H])([2H])[2H])c([2H])c1[2H]. The first-order chi connectivity index (χ1) is 16.5. The molecule has 0 aliphatic carbocycles. The molecule has 1 unspecified atom stereocenters. The maximum atomic E-state index is 13.3. The summed E-state index contributed by atoms with van der Waals surface area (Å²) in [6.07, 6.45) is -12.3. The van der Waals surface area contributed by atoms with Crippen molar-refractivity contribution in [2.75, 3.05) is 13.5 Å². The van der Waals surface area contributed by atoms with Crippen molar-refractivity contribution in [1.82, 2.24) is 5.32 Å². The van der Waals surface area contributed by atoms with Gasteiger partial charge in [-0.05, 0) is 43.3 Å². The van der Waals surface area contributed by atoms with Gasteiger partial charge >= 0.3 is 6.18 Å². The molecule has 0 fully saturated rings. The van der Waals surface area contributed by atoms with Crippen LogP contribution in [0.1, 0.15) is 44.1 Å². The minimum atomic E-state index is -5.35. The molecule has 0 aliphatic heterocycles. The molecule has 0 amide bonds. The Balaban J connectivity index is 2.96. The number of benzene rings is 2. The number of halogens is 3. The number of nitrogens with one attached hydrogen (secondary N) is 1. The fourth-order valence-electron chi connectivity index (χ4n) is 1.26. The monoisotopic (exact) mass is 324 g/mol. The summed E-state index contributed by atoms with van der Waals surface area (Å²) in [7, 11) is 0. The summed E-state index contributed by atoms with van der Waals surface area (Å²) < 4.78 is 163. The van der Waals surface area contributed by atoms with Crippen LogP contribution >= 0.6 is 0 Å². The second-order valence-electron chi connectivity index (χ2n) is 3.66. The molecular weight excluding hydrogens is 291 g/mol. The van der Waals surface area contributed by atoms with Crippen molar-refractivity contribution in [1.29, 1.82) is 0 Å². The summed E-state index contributed by atoms with van der Waals surface area (Å²) >= 11 is 0. The predicted octanol–water partition coefficient (Wildman–Crippen LogP) is 4.44. The molecule has 1 N–H and O–H groups in total. The van der Waals surface area contributed by atoms with Crippen molar-refractivity contribution in [3.8, 4) is 5.75 Å². The third-order valence-electron chi connectivity index (χ3n) is 2.15. The van der Waals surface area contributed by atoms with E-state index in [1.807, 2.05) is 0 Å². The Labute approximate surface area is 149 Å². The highest BCUT2D eigenvalue weighted by Crippen LogP contribution is 2.31. The lowest BCUT2D eigenvalue weighted by atomic mass is 10.1. The highest BCUT2D eigenvalue weighted by atomic mass is 19.4. The maximum Gasteiger partial charge on any atom is 0.416 e. The van der Waals surface area contributed by atoms with Crippen LogP contribution in [0, 0.1) is 0 Å². The number of ether oxygens (including phenoxy) is 1. The predicted molar refractivity (Wildman–Crippen MR) is 79.8 cm³/mol. The highest BCUT2D eigenvalue weighted by Gasteiger charge is 2.30.